The van der Waals surface area contributed by atoms with Crippen LogP contribution in [0.25, 0.3) is 0 Å². The van der Waals surface area contributed by atoms with Crippen LogP contribution in [0.15, 0.2) is 24.3 Å². The summed E-state index contributed by atoms with van der Waals surface area (Å²) in [6.45, 7) is 2.09. The second-order valence-electron chi connectivity index (χ2n) is 4.74. The molecule has 0 saturated heterocycles. The molecule has 4 heteroatoms. The Morgan fingerprint density at radius 3 is 2.06 bits per heavy atom. The number of hydrogen-bond donors (Lipinski definition) is 1. The fourth-order valence-corrected chi connectivity index (χ4v) is 2.41. The zero-order valence-electron chi connectivity index (χ0n) is 9.01. The fraction of sp³-hybridized carbons (Fsp3) is 0.500. The molecule has 2 rings (SSSR count). The van der Waals surface area contributed by atoms with Gasteiger partial charge in [0, 0.05) is 5.54 Å². The lowest BCUT2D eigenvalue weighted by molar-refractivity contribution is -0.137. The lowest BCUT2D eigenvalue weighted by Crippen LogP contribution is -2.47. The summed E-state index contributed by atoms with van der Waals surface area (Å²) in [5, 5.41) is 0. The second kappa shape index (κ2) is 3.48. The van der Waals surface area contributed by atoms with E-state index in [1.807, 2.05) is 0 Å². The zero-order chi connectivity index (χ0) is 12.0. The number of nitrogens with two attached hydrogens (primary N) is 1. The van der Waals surface area contributed by atoms with Crippen molar-refractivity contribution in [2.75, 3.05) is 0 Å². The van der Waals surface area contributed by atoms with Gasteiger partial charge < -0.3 is 5.73 Å². The van der Waals surface area contributed by atoms with Crippen LogP contribution < -0.4 is 5.73 Å². The van der Waals surface area contributed by atoms with E-state index in [-0.39, 0.29) is 0 Å². The monoisotopic (exact) mass is 229 g/mol. The molecule has 2 N–H and O–H groups in total. The normalized spacial score (nSPS) is 29.9. The average Bonchev–Trinajstić information content (AvgIpc) is 2.14. The molecule has 0 radical (unpaired) electrons. The van der Waals surface area contributed by atoms with Gasteiger partial charge in [0.25, 0.3) is 0 Å². The minimum absolute atomic E-state index is 0.413. The van der Waals surface area contributed by atoms with Crippen molar-refractivity contribution in [2.45, 2.75) is 31.5 Å². The van der Waals surface area contributed by atoms with E-state index in [4.69, 9.17) is 5.73 Å². The van der Waals surface area contributed by atoms with Crippen molar-refractivity contribution in [3.05, 3.63) is 35.4 Å². The summed E-state index contributed by atoms with van der Waals surface area (Å²) in [4.78, 5) is 0. The van der Waals surface area contributed by atoms with Gasteiger partial charge >= 0.3 is 6.18 Å². The molecule has 1 aromatic carbocycles. The van der Waals surface area contributed by atoms with Crippen molar-refractivity contribution in [3.63, 3.8) is 0 Å². The first-order valence-electron chi connectivity index (χ1n) is 5.28. The van der Waals surface area contributed by atoms with Crippen molar-refractivity contribution in [2.24, 2.45) is 11.7 Å². The Labute approximate surface area is 92.5 Å². The maximum atomic E-state index is 12.3. The van der Waals surface area contributed by atoms with Gasteiger partial charge in [0.05, 0.1) is 5.56 Å². The summed E-state index contributed by atoms with van der Waals surface area (Å²) >= 11 is 0. The van der Waals surface area contributed by atoms with Crippen molar-refractivity contribution in [1.29, 1.82) is 0 Å². The summed E-state index contributed by atoms with van der Waals surface area (Å²) < 4.78 is 37.0. The highest BCUT2D eigenvalue weighted by molar-refractivity contribution is 5.31. The molecule has 1 saturated carbocycles. The molecule has 1 aliphatic rings. The highest BCUT2D eigenvalue weighted by Gasteiger charge is 2.40. The van der Waals surface area contributed by atoms with Crippen LogP contribution in [-0.4, -0.2) is 0 Å². The molecule has 1 nitrogen and oxygen atoms in total. The third-order valence-electron chi connectivity index (χ3n) is 3.21. The summed E-state index contributed by atoms with van der Waals surface area (Å²) in [7, 11) is 0. The maximum Gasteiger partial charge on any atom is 0.416 e. The smallest absolute Gasteiger partial charge is 0.321 e. The number of rotatable bonds is 1. The van der Waals surface area contributed by atoms with Gasteiger partial charge in [-0.15, -0.1) is 0 Å². The average molecular weight is 229 g/mol. The standard InChI is InChI=1S/C12H14F3N/c1-8-6-11(16,7-8)9-2-4-10(5-3-9)12(13,14)15/h2-5,8H,6-7,16H2,1H3. The van der Waals surface area contributed by atoms with Crippen molar-refractivity contribution in [3.8, 4) is 0 Å². The van der Waals surface area contributed by atoms with E-state index in [1.165, 1.54) is 12.1 Å². The molecular weight excluding hydrogens is 215 g/mol. The Morgan fingerprint density at radius 1 is 1.19 bits per heavy atom. The van der Waals surface area contributed by atoms with Crippen molar-refractivity contribution in [1.82, 2.24) is 0 Å². The summed E-state index contributed by atoms with van der Waals surface area (Å²) in [5.41, 5.74) is 5.87. The van der Waals surface area contributed by atoms with Crippen LogP contribution in [0.3, 0.4) is 0 Å². The highest BCUT2D eigenvalue weighted by atomic mass is 19.4. The van der Waals surface area contributed by atoms with E-state index in [0.717, 1.165) is 30.5 Å². The summed E-state index contributed by atoms with van der Waals surface area (Å²) in [6.07, 6.45) is -2.58. The molecule has 0 spiro atoms. The van der Waals surface area contributed by atoms with Crippen molar-refractivity contribution >= 4 is 0 Å². The molecule has 88 valence electrons. The number of halogens is 3. The third kappa shape index (κ3) is 1.94. The van der Waals surface area contributed by atoms with E-state index >= 15 is 0 Å². The topological polar surface area (TPSA) is 26.0 Å². The quantitative estimate of drug-likeness (QED) is 0.785. The zero-order valence-corrected chi connectivity index (χ0v) is 9.01. The Kier molecular flexibility index (Phi) is 2.49. The Hall–Kier alpha value is -1.03. The van der Waals surface area contributed by atoms with Crippen LogP contribution >= 0.6 is 0 Å². The summed E-state index contributed by atoms with van der Waals surface area (Å²) in [6, 6.07) is 5.20. The third-order valence-corrected chi connectivity index (χ3v) is 3.21. The van der Waals surface area contributed by atoms with Gasteiger partial charge in [0.15, 0.2) is 0 Å². The minimum Gasteiger partial charge on any atom is -0.321 e. The Morgan fingerprint density at radius 2 is 1.69 bits per heavy atom. The Bertz CT molecular complexity index is 374. The Balaban J connectivity index is 2.20. The van der Waals surface area contributed by atoms with Gasteiger partial charge in [0.1, 0.15) is 0 Å². The molecule has 16 heavy (non-hydrogen) atoms. The molecule has 0 atom stereocenters. The van der Waals surface area contributed by atoms with Crippen LogP contribution in [-0.2, 0) is 11.7 Å². The predicted octanol–water partition coefficient (Wildman–Crippen LogP) is 3.29. The molecule has 1 aliphatic carbocycles. The van der Waals surface area contributed by atoms with Crippen LogP contribution in [0, 0.1) is 5.92 Å². The minimum atomic E-state index is -4.27. The summed E-state index contributed by atoms with van der Waals surface area (Å²) in [5.74, 6) is 0.562. The second-order valence-corrected chi connectivity index (χ2v) is 4.74. The van der Waals surface area contributed by atoms with E-state index in [0.29, 0.717) is 5.92 Å². The SMILES string of the molecule is CC1CC(N)(c2ccc(C(F)(F)F)cc2)C1. The molecule has 0 bridgehead atoms. The van der Waals surface area contributed by atoms with Crippen LogP contribution in [0.2, 0.25) is 0 Å². The lowest BCUT2D eigenvalue weighted by Gasteiger charge is -2.44. The van der Waals surface area contributed by atoms with Crippen LogP contribution in [0.4, 0.5) is 13.2 Å². The number of hydrogen-bond acceptors (Lipinski definition) is 1. The van der Waals surface area contributed by atoms with Gasteiger partial charge in [-0.2, -0.15) is 13.2 Å². The first-order chi connectivity index (χ1) is 7.31. The molecule has 0 heterocycles. The van der Waals surface area contributed by atoms with Gasteiger partial charge in [-0.3, -0.25) is 0 Å². The van der Waals surface area contributed by atoms with Gasteiger partial charge in [-0.05, 0) is 36.5 Å². The van der Waals surface area contributed by atoms with E-state index in [9.17, 15) is 13.2 Å². The number of benzene rings is 1. The largest absolute Gasteiger partial charge is 0.416 e. The molecule has 1 aromatic rings. The van der Waals surface area contributed by atoms with Gasteiger partial charge in [0.2, 0.25) is 0 Å². The molecule has 0 aromatic heterocycles. The highest BCUT2D eigenvalue weighted by Crippen LogP contribution is 2.43. The van der Waals surface area contributed by atoms with Gasteiger partial charge in [-0.25, -0.2) is 0 Å². The molecule has 0 amide bonds. The number of alkyl halides is 3. The van der Waals surface area contributed by atoms with Gasteiger partial charge in [-0.1, -0.05) is 19.1 Å². The lowest BCUT2D eigenvalue weighted by atomic mass is 9.66. The first-order valence-corrected chi connectivity index (χ1v) is 5.28. The molecule has 1 fully saturated rings. The molecule has 0 unspecified atom stereocenters. The van der Waals surface area contributed by atoms with E-state index < -0.39 is 17.3 Å². The molecular formula is C12H14F3N. The van der Waals surface area contributed by atoms with Crippen molar-refractivity contribution < 1.29 is 13.2 Å². The van der Waals surface area contributed by atoms with Crippen LogP contribution in [0.5, 0.6) is 0 Å². The fourth-order valence-electron chi connectivity index (χ4n) is 2.41. The van der Waals surface area contributed by atoms with Crippen LogP contribution in [0.1, 0.15) is 30.9 Å². The first kappa shape index (κ1) is 11.5. The predicted molar refractivity (Wildman–Crippen MR) is 55.7 cm³/mol. The van der Waals surface area contributed by atoms with E-state index in [1.54, 1.807) is 0 Å². The maximum absolute atomic E-state index is 12.3. The van der Waals surface area contributed by atoms with E-state index in [2.05, 4.69) is 6.92 Å². The molecule has 0 aliphatic heterocycles.